The molecule has 9 heteroatoms. The molecule has 3 rings (SSSR count). The summed E-state index contributed by atoms with van der Waals surface area (Å²) < 4.78 is 115. The molecule has 0 aliphatic carbocycles. The maximum atomic E-state index is 14.3. The van der Waals surface area contributed by atoms with E-state index in [1.54, 1.807) is 0 Å². The van der Waals surface area contributed by atoms with Crippen molar-refractivity contribution in [2.45, 2.75) is 13.0 Å². The highest BCUT2D eigenvalue weighted by molar-refractivity contribution is 5.66. The fourth-order valence-corrected chi connectivity index (χ4v) is 2.61. The molecule has 0 unspecified atom stereocenters. The number of aryl methyl sites for hydroxylation is 1. The van der Waals surface area contributed by atoms with E-state index in [0.717, 1.165) is 19.1 Å². The summed E-state index contributed by atoms with van der Waals surface area (Å²) in [7, 11) is 0. The van der Waals surface area contributed by atoms with Gasteiger partial charge in [-0.05, 0) is 36.2 Å². The van der Waals surface area contributed by atoms with Gasteiger partial charge >= 0.3 is 6.11 Å². The Bertz CT molecular complexity index is 1070. The van der Waals surface area contributed by atoms with Crippen LogP contribution in [0.3, 0.4) is 0 Å². The molecule has 0 aromatic heterocycles. The smallest absolute Gasteiger partial charge is 0.429 e. The standard InChI is InChI=1S/C20H10F8O/c1-9-2-4-12(19(26)18(9)25)20(27,28)29-11-7-15(23)17(16(24)8-11)10-3-5-13(21)14(22)6-10/h2-8H,1H3. The molecule has 0 aliphatic rings. The summed E-state index contributed by atoms with van der Waals surface area (Å²) in [6.45, 7) is 1.16. The van der Waals surface area contributed by atoms with E-state index in [2.05, 4.69) is 4.74 Å². The molecule has 152 valence electrons. The number of hydrogen-bond donors (Lipinski definition) is 0. The Morgan fingerprint density at radius 3 is 1.90 bits per heavy atom. The average Bonchev–Trinajstić information content (AvgIpc) is 2.61. The molecule has 0 aliphatic heterocycles. The molecule has 0 saturated carbocycles. The van der Waals surface area contributed by atoms with Crippen LogP contribution in [-0.4, -0.2) is 0 Å². The second kappa shape index (κ2) is 7.38. The van der Waals surface area contributed by atoms with Gasteiger partial charge < -0.3 is 4.74 Å². The molecule has 0 radical (unpaired) electrons. The van der Waals surface area contributed by atoms with Crippen LogP contribution in [0.15, 0.2) is 42.5 Å². The van der Waals surface area contributed by atoms with E-state index in [4.69, 9.17) is 0 Å². The van der Waals surface area contributed by atoms with Gasteiger partial charge in [-0.3, -0.25) is 0 Å². The summed E-state index contributed by atoms with van der Waals surface area (Å²) in [4.78, 5) is 0. The molecular formula is C20H10F8O. The SMILES string of the molecule is Cc1ccc(C(F)(F)Oc2cc(F)c(-c3ccc(F)c(F)c3)c(F)c2)c(F)c1F. The van der Waals surface area contributed by atoms with E-state index >= 15 is 0 Å². The van der Waals surface area contributed by atoms with Crippen molar-refractivity contribution in [2.24, 2.45) is 0 Å². The molecule has 3 aromatic rings. The van der Waals surface area contributed by atoms with Crippen molar-refractivity contribution in [2.75, 3.05) is 0 Å². The number of hydrogen-bond acceptors (Lipinski definition) is 1. The summed E-state index contributed by atoms with van der Waals surface area (Å²) in [5, 5.41) is 0. The van der Waals surface area contributed by atoms with Crippen molar-refractivity contribution in [1.82, 2.24) is 0 Å². The predicted molar refractivity (Wildman–Crippen MR) is 87.3 cm³/mol. The van der Waals surface area contributed by atoms with E-state index in [0.29, 0.717) is 30.3 Å². The predicted octanol–water partition coefficient (Wildman–Crippen LogP) is 6.62. The lowest BCUT2D eigenvalue weighted by atomic mass is 10.0. The van der Waals surface area contributed by atoms with E-state index < -0.39 is 57.9 Å². The summed E-state index contributed by atoms with van der Waals surface area (Å²) in [6.07, 6.45) is -4.46. The Balaban J connectivity index is 1.99. The lowest BCUT2D eigenvalue weighted by molar-refractivity contribution is -0.187. The van der Waals surface area contributed by atoms with Gasteiger partial charge in [-0.15, -0.1) is 0 Å². The lowest BCUT2D eigenvalue weighted by Crippen LogP contribution is -2.24. The van der Waals surface area contributed by atoms with Gasteiger partial charge in [0.2, 0.25) is 0 Å². The van der Waals surface area contributed by atoms with Crippen LogP contribution in [0.25, 0.3) is 11.1 Å². The highest BCUT2D eigenvalue weighted by atomic mass is 19.3. The minimum Gasteiger partial charge on any atom is -0.429 e. The van der Waals surface area contributed by atoms with Crippen molar-refractivity contribution >= 4 is 0 Å². The Hall–Kier alpha value is -3.10. The van der Waals surface area contributed by atoms with E-state index in [9.17, 15) is 35.1 Å². The molecule has 0 amide bonds. The molecular weight excluding hydrogens is 408 g/mol. The zero-order chi connectivity index (χ0) is 21.5. The van der Waals surface area contributed by atoms with Gasteiger partial charge in [0.05, 0.1) is 5.56 Å². The highest BCUT2D eigenvalue weighted by Gasteiger charge is 2.39. The van der Waals surface area contributed by atoms with Crippen LogP contribution < -0.4 is 4.74 Å². The summed E-state index contributed by atoms with van der Waals surface area (Å²) in [5.74, 6) is -9.87. The molecule has 0 spiro atoms. The van der Waals surface area contributed by atoms with Crippen LogP contribution in [0.5, 0.6) is 5.75 Å². The maximum Gasteiger partial charge on any atom is 0.429 e. The Morgan fingerprint density at radius 1 is 0.690 bits per heavy atom. The first-order valence-electron chi connectivity index (χ1n) is 7.97. The van der Waals surface area contributed by atoms with Gasteiger partial charge in [0.25, 0.3) is 0 Å². The van der Waals surface area contributed by atoms with Crippen molar-refractivity contribution in [1.29, 1.82) is 0 Å². The molecule has 1 nitrogen and oxygen atoms in total. The van der Waals surface area contributed by atoms with Crippen LogP contribution in [0, 0.1) is 41.8 Å². The minimum absolute atomic E-state index is 0.227. The Labute approximate surface area is 159 Å². The molecule has 0 heterocycles. The molecule has 29 heavy (non-hydrogen) atoms. The number of benzene rings is 3. The van der Waals surface area contributed by atoms with Crippen molar-refractivity contribution in [3.8, 4) is 16.9 Å². The fourth-order valence-electron chi connectivity index (χ4n) is 2.61. The lowest BCUT2D eigenvalue weighted by Gasteiger charge is -2.20. The van der Waals surface area contributed by atoms with Gasteiger partial charge in [0, 0.05) is 12.1 Å². The maximum absolute atomic E-state index is 14.3. The Kier molecular flexibility index (Phi) is 5.25. The molecule has 3 aromatic carbocycles. The van der Waals surface area contributed by atoms with Crippen LogP contribution in [0.4, 0.5) is 35.1 Å². The van der Waals surface area contributed by atoms with Crippen LogP contribution in [0.1, 0.15) is 11.1 Å². The van der Waals surface area contributed by atoms with Crippen LogP contribution in [-0.2, 0) is 6.11 Å². The topological polar surface area (TPSA) is 9.23 Å². The minimum atomic E-state index is -4.46. The monoisotopic (exact) mass is 418 g/mol. The fraction of sp³-hybridized carbons (Fsp3) is 0.100. The third kappa shape index (κ3) is 3.90. The largest absolute Gasteiger partial charge is 0.429 e. The van der Waals surface area contributed by atoms with Crippen molar-refractivity contribution in [3.05, 3.63) is 88.5 Å². The second-order valence-corrected chi connectivity index (χ2v) is 6.07. The highest BCUT2D eigenvalue weighted by Crippen LogP contribution is 2.37. The molecule has 0 fully saturated rings. The Morgan fingerprint density at radius 2 is 1.31 bits per heavy atom. The third-order valence-corrected chi connectivity index (χ3v) is 4.06. The molecule has 0 bridgehead atoms. The molecule has 0 saturated heterocycles. The molecule has 0 atom stereocenters. The zero-order valence-corrected chi connectivity index (χ0v) is 14.5. The number of alkyl halides is 2. The van der Waals surface area contributed by atoms with Gasteiger partial charge in [-0.25, -0.2) is 26.3 Å². The van der Waals surface area contributed by atoms with E-state index in [-0.39, 0.29) is 11.1 Å². The van der Waals surface area contributed by atoms with Crippen molar-refractivity contribution < 1.29 is 39.9 Å². The number of ether oxygens (including phenoxy) is 1. The quantitative estimate of drug-likeness (QED) is 0.433. The molecule has 0 N–H and O–H groups in total. The first kappa shape index (κ1) is 20.6. The van der Waals surface area contributed by atoms with Gasteiger partial charge in [0.15, 0.2) is 23.3 Å². The number of rotatable bonds is 4. The van der Waals surface area contributed by atoms with E-state index in [1.165, 1.54) is 0 Å². The van der Waals surface area contributed by atoms with Crippen molar-refractivity contribution in [3.63, 3.8) is 0 Å². The normalized spacial score (nSPS) is 11.6. The van der Waals surface area contributed by atoms with E-state index in [1.807, 2.05) is 0 Å². The summed E-state index contributed by atoms with van der Waals surface area (Å²) in [5.41, 5.74) is -2.89. The van der Waals surface area contributed by atoms with Crippen LogP contribution in [0.2, 0.25) is 0 Å². The van der Waals surface area contributed by atoms with Gasteiger partial charge in [0.1, 0.15) is 22.9 Å². The average molecular weight is 418 g/mol. The first-order chi connectivity index (χ1) is 13.5. The van der Waals surface area contributed by atoms with Gasteiger partial charge in [-0.2, -0.15) is 8.78 Å². The first-order valence-corrected chi connectivity index (χ1v) is 7.97. The third-order valence-electron chi connectivity index (χ3n) is 4.06. The number of halogens is 8. The second-order valence-electron chi connectivity index (χ2n) is 6.07. The summed E-state index contributed by atoms with van der Waals surface area (Å²) in [6, 6.07) is 4.23. The summed E-state index contributed by atoms with van der Waals surface area (Å²) >= 11 is 0. The van der Waals surface area contributed by atoms with Gasteiger partial charge in [-0.1, -0.05) is 12.1 Å². The zero-order valence-electron chi connectivity index (χ0n) is 14.5. The van der Waals surface area contributed by atoms with Crippen LogP contribution >= 0.6 is 0 Å².